The van der Waals surface area contributed by atoms with Crippen LogP contribution in [0.2, 0.25) is 0 Å². The number of rotatable bonds is 3. The van der Waals surface area contributed by atoms with E-state index in [1.54, 1.807) is 23.7 Å². The van der Waals surface area contributed by atoms with Crippen LogP contribution in [0.1, 0.15) is 36.7 Å². The zero-order valence-corrected chi connectivity index (χ0v) is 14.8. The van der Waals surface area contributed by atoms with E-state index in [-0.39, 0.29) is 0 Å². The molecule has 0 saturated carbocycles. The second-order valence-corrected chi connectivity index (χ2v) is 7.25. The van der Waals surface area contributed by atoms with Gasteiger partial charge in [-0.15, -0.1) is 11.3 Å². The maximum atomic E-state index is 4.85. The number of hydrogen-bond acceptors (Lipinski definition) is 5. The van der Waals surface area contributed by atoms with Crippen molar-refractivity contribution in [1.29, 1.82) is 0 Å². The first-order valence-electron chi connectivity index (χ1n) is 8.30. The fourth-order valence-electron chi connectivity index (χ4n) is 2.98. The zero-order valence-electron chi connectivity index (χ0n) is 13.9. The highest BCUT2D eigenvalue weighted by atomic mass is 32.1. The van der Waals surface area contributed by atoms with Crippen molar-refractivity contribution in [2.24, 2.45) is 0 Å². The molecule has 0 amide bonds. The van der Waals surface area contributed by atoms with Crippen molar-refractivity contribution in [3.8, 4) is 11.3 Å². The van der Waals surface area contributed by atoms with E-state index in [9.17, 15) is 0 Å². The second kappa shape index (κ2) is 6.32. The lowest BCUT2D eigenvalue weighted by Gasteiger charge is -2.26. The Bertz CT molecular complexity index is 839. The Morgan fingerprint density at radius 1 is 1.04 bits per heavy atom. The third-order valence-electron chi connectivity index (χ3n) is 4.46. The topological polar surface area (TPSA) is 41.9 Å². The van der Waals surface area contributed by atoms with Crippen LogP contribution in [0.3, 0.4) is 0 Å². The van der Waals surface area contributed by atoms with Crippen molar-refractivity contribution in [3.05, 3.63) is 59.0 Å². The predicted octanol–water partition coefficient (Wildman–Crippen LogP) is 4.29. The molecule has 0 unspecified atom stereocenters. The summed E-state index contributed by atoms with van der Waals surface area (Å²) < 4.78 is 0. The minimum Gasteiger partial charge on any atom is -0.342 e. The van der Waals surface area contributed by atoms with Gasteiger partial charge in [-0.2, -0.15) is 0 Å². The lowest BCUT2D eigenvalue weighted by molar-refractivity contribution is 0.688. The molecule has 0 atom stereocenters. The maximum absolute atomic E-state index is 4.85. The van der Waals surface area contributed by atoms with E-state index in [1.807, 2.05) is 0 Å². The molecule has 0 N–H and O–H groups in total. The molecule has 2 aromatic heterocycles. The Hall–Kier alpha value is -2.27. The minimum absolute atomic E-state index is 0.555. The molecule has 0 saturated heterocycles. The van der Waals surface area contributed by atoms with Gasteiger partial charge in [0.05, 0.1) is 23.6 Å². The van der Waals surface area contributed by atoms with Crippen LogP contribution in [0.4, 0.5) is 5.13 Å². The smallest absolute Gasteiger partial charge is 0.186 e. The lowest BCUT2D eigenvalue weighted by Crippen LogP contribution is -2.31. The van der Waals surface area contributed by atoms with Crippen LogP contribution >= 0.6 is 11.3 Å². The van der Waals surface area contributed by atoms with Crippen molar-refractivity contribution in [2.75, 3.05) is 11.4 Å². The van der Waals surface area contributed by atoms with E-state index < -0.39 is 0 Å². The summed E-state index contributed by atoms with van der Waals surface area (Å²) in [6.45, 7) is 6.17. The first-order chi connectivity index (χ1) is 11.7. The standard InChI is InChI=1S/C19H20N4S/c1-13(2)14-3-5-15(6-4-14)18-12-24-19(22-18)23-10-7-16-17(11-23)21-9-8-20-16/h3-6,8-9,12-13H,7,10-11H2,1-2H3. The van der Waals surface area contributed by atoms with Gasteiger partial charge in [0.2, 0.25) is 0 Å². The van der Waals surface area contributed by atoms with Crippen LogP contribution in [0, 0.1) is 0 Å². The third kappa shape index (κ3) is 2.91. The zero-order chi connectivity index (χ0) is 16.5. The Balaban J connectivity index is 1.55. The summed E-state index contributed by atoms with van der Waals surface area (Å²) in [7, 11) is 0. The number of anilines is 1. The van der Waals surface area contributed by atoms with E-state index in [1.165, 1.54) is 11.1 Å². The number of benzene rings is 1. The highest BCUT2D eigenvalue weighted by molar-refractivity contribution is 7.14. The van der Waals surface area contributed by atoms with Crippen LogP contribution < -0.4 is 4.90 Å². The van der Waals surface area contributed by atoms with Gasteiger partial charge in [0.25, 0.3) is 0 Å². The minimum atomic E-state index is 0.555. The summed E-state index contributed by atoms with van der Waals surface area (Å²) >= 11 is 1.70. The normalized spacial score (nSPS) is 14.0. The molecule has 1 aromatic carbocycles. The molecule has 5 heteroatoms. The largest absolute Gasteiger partial charge is 0.342 e. The average Bonchev–Trinajstić information content (AvgIpc) is 3.11. The van der Waals surface area contributed by atoms with Crippen molar-refractivity contribution < 1.29 is 0 Å². The van der Waals surface area contributed by atoms with Gasteiger partial charge in [0, 0.05) is 36.3 Å². The van der Waals surface area contributed by atoms with Crippen LogP contribution in [-0.4, -0.2) is 21.5 Å². The Morgan fingerprint density at radius 2 is 1.79 bits per heavy atom. The van der Waals surface area contributed by atoms with Crippen LogP contribution in [0.25, 0.3) is 11.3 Å². The number of aromatic nitrogens is 3. The highest BCUT2D eigenvalue weighted by Gasteiger charge is 2.20. The number of thiazole rings is 1. The molecule has 3 aromatic rings. The fraction of sp³-hybridized carbons (Fsp3) is 0.316. The monoisotopic (exact) mass is 336 g/mol. The van der Waals surface area contributed by atoms with Gasteiger partial charge < -0.3 is 4.90 Å². The van der Waals surface area contributed by atoms with Crippen molar-refractivity contribution >= 4 is 16.5 Å². The van der Waals surface area contributed by atoms with Crippen molar-refractivity contribution in [3.63, 3.8) is 0 Å². The summed E-state index contributed by atoms with van der Waals surface area (Å²) in [5, 5.41) is 3.21. The molecule has 24 heavy (non-hydrogen) atoms. The quantitative estimate of drug-likeness (QED) is 0.716. The molecule has 0 aliphatic carbocycles. The van der Waals surface area contributed by atoms with Crippen LogP contribution in [0.15, 0.2) is 42.0 Å². The Labute approximate surface area is 146 Å². The Morgan fingerprint density at radius 3 is 2.54 bits per heavy atom. The molecule has 122 valence electrons. The summed E-state index contributed by atoms with van der Waals surface area (Å²) in [4.78, 5) is 16.0. The molecule has 1 aliphatic rings. The van der Waals surface area contributed by atoms with Crippen LogP contribution in [-0.2, 0) is 13.0 Å². The molecule has 0 spiro atoms. The molecule has 4 rings (SSSR count). The van der Waals surface area contributed by atoms with Gasteiger partial charge in [-0.25, -0.2) is 4.98 Å². The van der Waals surface area contributed by atoms with Gasteiger partial charge in [0.15, 0.2) is 5.13 Å². The van der Waals surface area contributed by atoms with E-state index in [4.69, 9.17) is 4.98 Å². The van der Waals surface area contributed by atoms with Crippen molar-refractivity contribution in [2.45, 2.75) is 32.7 Å². The number of nitrogens with zero attached hydrogens (tertiary/aromatic N) is 4. The molecule has 0 radical (unpaired) electrons. The highest BCUT2D eigenvalue weighted by Crippen LogP contribution is 2.30. The predicted molar refractivity (Wildman–Crippen MR) is 98.4 cm³/mol. The molecule has 0 bridgehead atoms. The van der Waals surface area contributed by atoms with Gasteiger partial charge >= 0.3 is 0 Å². The molecule has 3 heterocycles. The second-order valence-electron chi connectivity index (χ2n) is 6.41. The lowest BCUT2D eigenvalue weighted by atomic mass is 10.0. The van der Waals surface area contributed by atoms with Gasteiger partial charge in [-0.3, -0.25) is 9.97 Å². The maximum Gasteiger partial charge on any atom is 0.186 e. The first-order valence-corrected chi connectivity index (χ1v) is 9.18. The Kier molecular flexibility index (Phi) is 4.02. The first kappa shape index (κ1) is 15.3. The molecule has 0 fully saturated rings. The van der Waals surface area contributed by atoms with Gasteiger partial charge in [-0.05, 0) is 11.5 Å². The SMILES string of the molecule is CC(C)c1ccc(-c2csc(N3CCc4nccnc4C3)n2)cc1. The van der Waals surface area contributed by atoms with E-state index >= 15 is 0 Å². The van der Waals surface area contributed by atoms with Gasteiger partial charge in [0.1, 0.15) is 0 Å². The van der Waals surface area contributed by atoms with E-state index in [0.717, 1.165) is 41.7 Å². The summed E-state index contributed by atoms with van der Waals surface area (Å²) in [5.41, 5.74) is 5.78. The summed E-state index contributed by atoms with van der Waals surface area (Å²) in [6, 6.07) is 8.74. The fourth-order valence-corrected chi connectivity index (χ4v) is 3.84. The van der Waals surface area contributed by atoms with E-state index in [2.05, 4.69) is 58.4 Å². The number of fused-ring (bicyclic) bond motifs is 1. The average molecular weight is 336 g/mol. The number of hydrogen-bond donors (Lipinski definition) is 0. The summed E-state index contributed by atoms with van der Waals surface area (Å²) in [6.07, 6.45) is 4.48. The molecular weight excluding hydrogens is 316 g/mol. The summed E-state index contributed by atoms with van der Waals surface area (Å²) in [5.74, 6) is 0.555. The molecule has 1 aliphatic heterocycles. The molecule has 4 nitrogen and oxygen atoms in total. The van der Waals surface area contributed by atoms with E-state index in [0.29, 0.717) is 5.92 Å². The molecular formula is C19H20N4S. The van der Waals surface area contributed by atoms with Gasteiger partial charge in [-0.1, -0.05) is 38.1 Å². The third-order valence-corrected chi connectivity index (χ3v) is 5.36. The van der Waals surface area contributed by atoms with Crippen molar-refractivity contribution in [1.82, 2.24) is 15.0 Å². The van der Waals surface area contributed by atoms with Crippen LogP contribution in [0.5, 0.6) is 0 Å².